The van der Waals surface area contributed by atoms with Gasteiger partial charge in [-0.25, -0.2) is 0 Å². The molecule has 3 nitrogen and oxygen atoms in total. The Bertz CT molecular complexity index is 123. The molecule has 0 amide bonds. The minimum absolute atomic E-state index is 0.587. The van der Waals surface area contributed by atoms with E-state index in [9.17, 15) is 9.90 Å². The Morgan fingerprint density at radius 3 is 2.45 bits per heavy atom. The maximum absolute atomic E-state index is 10.3. The molecule has 0 fully saturated rings. The zero-order valence-electron chi connectivity index (χ0n) is 7.08. The number of aliphatic hydroxyl groups is 1. The number of aliphatic carboxylic acids is 1. The van der Waals surface area contributed by atoms with Gasteiger partial charge in [-0.15, -0.1) is 0 Å². The molecule has 66 valence electrons. The van der Waals surface area contributed by atoms with Crippen LogP contribution in [0.15, 0.2) is 0 Å². The van der Waals surface area contributed by atoms with E-state index in [0.29, 0.717) is 6.42 Å². The van der Waals surface area contributed by atoms with Crippen molar-refractivity contribution in [2.75, 3.05) is 0 Å². The first kappa shape index (κ1) is 10.4. The Balaban J connectivity index is 3.63. The smallest absolute Gasteiger partial charge is 0.308 e. The van der Waals surface area contributed by atoms with Crippen molar-refractivity contribution in [2.24, 2.45) is 5.92 Å². The fourth-order valence-electron chi connectivity index (χ4n) is 0.828. The molecule has 0 radical (unpaired) electrons. The average Bonchev–Trinajstić information content (AvgIpc) is 1.98. The first-order chi connectivity index (χ1) is 5.09. The number of hydrogen-bond acceptors (Lipinski definition) is 2. The van der Waals surface area contributed by atoms with E-state index in [1.54, 1.807) is 0 Å². The van der Waals surface area contributed by atoms with Gasteiger partial charge >= 0.3 is 5.97 Å². The Hall–Kier alpha value is -0.570. The van der Waals surface area contributed by atoms with Gasteiger partial charge in [-0.3, -0.25) is 4.79 Å². The summed E-state index contributed by atoms with van der Waals surface area (Å²) in [6, 6.07) is 0. The van der Waals surface area contributed by atoms with E-state index in [1.807, 2.05) is 6.92 Å². The second-order valence-corrected chi connectivity index (χ2v) is 2.84. The van der Waals surface area contributed by atoms with E-state index in [4.69, 9.17) is 5.11 Å². The highest BCUT2D eigenvalue weighted by molar-refractivity contribution is 5.70. The highest BCUT2D eigenvalue weighted by Crippen LogP contribution is 2.10. The molecule has 0 aromatic rings. The van der Waals surface area contributed by atoms with Gasteiger partial charge in [-0.2, -0.15) is 0 Å². The first-order valence-electron chi connectivity index (χ1n) is 4.00. The van der Waals surface area contributed by atoms with Crippen molar-refractivity contribution in [2.45, 2.75) is 39.2 Å². The molecule has 0 aromatic carbocycles. The van der Waals surface area contributed by atoms with Crippen molar-refractivity contribution in [3.05, 3.63) is 0 Å². The molecule has 0 aliphatic heterocycles. The quantitative estimate of drug-likeness (QED) is 0.636. The van der Waals surface area contributed by atoms with E-state index < -0.39 is 18.0 Å². The molecule has 0 bridgehead atoms. The number of carbonyl (C=O) groups is 1. The summed E-state index contributed by atoms with van der Waals surface area (Å²) in [5.41, 5.74) is 0. The Morgan fingerprint density at radius 2 is 2.09 bits per heavy atom. The van der Waals surface area contributed by atoms with Gasteiger partial charge in [-0.1, -0.05) is 19.8 Å². The van der Waals surface area contributed by atoms with Crippen molar-refractivity contribution < 1.29 is 15.0 Å². The van der Waals surface area contributed by atoms with Crippen LogP contribution >= 0.6 is 0 Å². The predicted octanol–water partition coefficient (Wildman–Crippen LogP) is 1.26. The van der Waals surface area contributed by atoms with Crippen LogP contribution in [-0.4, -0.2) is 22.3 Å². The molecule has 2 unspecified atom stereocenters. The van der Waals surface area contributed by atoms with E-state index in [2.05, 4.69) is 0 Å². The Kier molecular flexibility index (Phi) is 4.86. The summed E-state index contributed by atoms with van der Waals surface area (Å²) in [5, 5.41) is 17.7. The summed E-state index contributed by atoms with van der Waals surface area (Å²) < 4.78 is 0. The van der Waals surface area contributed by atoms with Crippen LogP contribution in [-0.2, 0) is 4.79 Å². The van der Waals surface area contributed by atoms with Crippen LogP contribution in [0.4, 0.5) is 0 Å². The maximum Gasteiger partial charge on any atom is 0.308 e. The third-order valence-electron chi connectivity index (χ3n) is 1.82. The SMILES string of the molecule is CCCCC(O)C(C)C(=O)O. The normalized spacial score (nSPS) is 15.9. The third-order valence-corrected chi connectivity index (χ3v) is 1.82. The fraction of sp³-hybridized carbons (Fsp3) is 0.875. The van der Waals surface area contributed by atoms with Gasteiger partial charge < -0.3 is 10.2 Å². The van der Waals surface area contributed by atoms with Gasteiger partial charge in [0.05, 0.1) is 12.0 Å². The Labute approximate surface area is 67.0 Å². The first-order valence-corrected chi connectivity index (χ1v) is 4.00. The zero-order chi connectivity index (χ0) is 8.85. The van der Waals surface area contributed by atoms with Crippen LogP contribution < -0.4 is 0 Å². The number of carboxylic acids is 1. The molecule has 0 saturated heterocycles. The van der Waals surface area contributed by atoms with Crippen molar-refractivity contribution in [3.8, 4) is 0 Å². The molecule has 0 rings (SSSR count). The monoisotopic (exact) mass is 160 g/mol. The molecule has 3 heteroatoms. The predicted molar refractivity (Wildman–Crippen MR) is 42.3 cm³/mol. The lowest BCUT2D eigenvalue weighted by molar-refractivity contribution is -0.144. The molecule has 0 spiro atoms. The van der Waals surface area contributed by atoms with Crippen LogP contribution in [0.1, 0.15) is 33.1 Å². The van der Waals surface area contributed by atoms with Gasteiger partial charge in [-0.05, 0) is 13.3 Å². The molecule has 2 N–H and O–H groups in total. The van der Waals surface area contributed by atoms with Crippen LogP contribution in [0.25, 0.3) is 0 Å². The topological polar surface area (TPSA) is 57.5 Å². The standard InChI is InChI=1S/C8H16O3/c1-3-4-5-7(9)6(2)8(10)11/h6-7,9H,3-5H2,1-2H3,(H,10,11). The highest BCUT2D eigenvalue weighted by Gasteiger charge is 2.19. The number of aliphatic hydroxyl groups excluding tert-OH is 1. The summed E-state index contributed by atoms with van der Waals surface area (Å²) in [5.74, 6) is -1.56. The minimum atomic E-state index is -0.923. The zero-order valence-corrected chi connectivity index (χ0v) is 7.08. The summed E-state index contributed by atoms with van der Waals surface area (Å²) in [7, 11) is 0. The van der Waals surface area contributed by atoms with Crippen molar-refractivity contribution in [1.82, 2.24) is 0 Å². The van der Waals surface area contributed by atoms with Crippen LogP contribution in [0.2, 0.25) is 0 Å². The van der Waals surface area contributed by atoms with Crippen molar-refractivity contribution >= 4 is 5.97 Å². The second-order valence-electron chi connectivity index (χ2n) is 2.84. The largest absolute Gasteiger partial charge is 0.481 e. The number of unbranched alkanes of at least 4 members (excludes halogenated alkanes) is 1. The number of hydrogen-bond donors (Lipinski definition) is 2. The molecule has 0 heterocycles. The van der Waals surface area contributed by atoms with E-state index >= 15 is 0 Å². The molecule has 0 aliphatic carbocycles. The van der Waals surface area contributed by atoms with Crippen LogP contribution in [0.5, 0.6) is 0 Å². The van der Waals surface area contributed by atoms with Crippen molar-refractivity contribution in [3.63, 3.8) is 0 Å². The minimum Gasteiger partial charge on any atom is -0.481 e. The second kappa shape index (κ2) is 5.13. The van der Waals surface area contributed by atoms with E-state index in [-0.39, 0.29) is 0 Å². The van der Waals surface area contributed by atoms with Crippen molar-refractivity contribution in [1.29, 1.82) is 0 Å². The third kappa shape index (κ3) is 3.98. The van der Waals surface area contributed by atoms with E-state index in [0.717, 1.165) is 12.8 Å². The van der Waals surface area contributed by atoms with Gasteiger partial charge in [0.1, 0.15) is 0 Å². The number of rotatable bonds is 5. The molecule has 11 heavy (non-hydrogen) atoms. The summed E-state index contributed by atoms with van der Waals surface area (Å²) in [6.07, 6.45) is 1.78. The molecule has 2 atom stereocenters. The fourth-order valence-corrected chi connectivity index (χ4v) is 0.828. The molecule has 0 aromatic heterocycles. The van der Waals surface area contributed by atoms with Gasteiger partial charge in [0.2, 0.25) is 0 Å². The lowest BCUT2D eigenvalue weighted by Gasteiger charge is -2.13. The van der Waals surface area contributed by atoms with Crippen LogP contribution in [0, 0.1) is 5.92 Å². The van der Waals surface area contributed by atoms with E-state index in [1.165, 1.54) is 6.92 Å². The maximum atomic E-state index is 10.3. The van der Waals surface area contributed by atoms with Gasteiger partial charge in [0, 0.05) is 0 Å². The Morgan fingerprint density at radius 1 is 1.55 bits per heavy atom. The molecule has 0 saturated carbocycles. The average molecular weight is 160 g/mol. The lowest BCUT2D eigenvalue weighted by atomic mass is 10.0. The molecule has 0 aliphatic rings. The van der Waals surface area contributed by atoms with Gasteiger partial charge in [0.15, 0.2) is 0 Å². The summed E-state index contributed by atoms with van der Waals surface area (Å²) in [6.45, 7) is 3.54. The molecular weight excluding hydrogens is 144 g/mol. The summed E-state index contributed by atoms with van der Waals surface area (Å²) >= 11 is 0. The number of carboxylic acid groups (broad SMARTS) is 1. The summed E-state index contributed by atoms with van der Waals surface area (Å²) in [4.78, 5) is 10.3. The molecular formula is C8H16O3. The highest BCUT2D eigenvalue weighted by atomic mass is 16.4. The van der Waals surface area contributed by atoms with Gasteiger partial charge in [0.25, 0.3) is 0 Å². The van der Waals surface area contributed by atoms with Crippen LogP contribution in [0.3, 0.4) is 0 Å². The lowest BCUT2D eigenvalue weighted by Crippen LogP contribution is -2.25.